The van der Waals surface area contributed by atoms with Gasteiger partial charge in [-0.3, -0.25) is 0 Å². The Morgan fingerprint density at radius 2 is 2.31 bits per heavy atom. The Morgan fingerprint density at radius 3 is 3.00 bits per heavy atom. The van der Waals surface area contributed by atoms with Gasteiger partial charge in [-0.05, 0) is 26.2 Å². The number of aliphatic hydroxyl groups is 2. The predicted molar refractivity (Wildman–Crippen MR) is 43.9 cm³/mol. The number of carbonyl (C=O) groups is 1. The highest BCUT2D eigenvalue weighted by atomic mass is 16.6. The van der Waals surface area contributed by atoms with E-state index in [2.05, 4.69) is 0 Å². The molecule has 74 valence electrons. The minimum absolute atomic E-state index is 0.189. The molecule has 2 N–H and O–H groups in total. The highest BCUT2D eigenvalue weighted by Gasteiger charge is 2.56. The largest absolute Gasteiger partial charge is 0.461 e. The lowest BCUT2D eigenvalue weighted by Gasteiger charge is -2.36. The van der Waals surface area contributed by atoms with Crippen molar-refractivity contribution in [2.75, 3.05) is 0 Å². The summed E-state index contributed by atoms with van der Waals surface area (Å²) in [4.78, 5) is 11.4. The number of aliphatic hydroxyl groups excluding tert-OH is 1. The van der Waals surface area contributed by atoms with Gasteiger partial charge in [-0.15, -0.1) is 0 Å². The Bertz CT molecular complexity index is 240. The van der Waals surface area contributed by atoms with Crippen LogP contribution in [0.3, 0.4) is 0 Å². The van der Waals surface area contributed by atoms with Crippen molar-refractivity contribution >= 4 is 5.97 Å². The molecule has 2 rings (SSSR count). The summed E-state index contributed by atoms with van der Waals surface area (Å²) in [6.07, 6.45) is 0.627. The summed E-state index contributed by atoms with van der Waals surface area (Å²) < 4.78 is 4.95. The van der Waals surface area contributed by atoms with Gasteiger partial charge in [-0.2, -0.15) is 0 Å². The van der Waals surface area contributed by atoms with E-state index in [1.54, 1.807) is 6.92 Å². The van der Waals surface area contributed by atoms with Crippen molar-refractivity contribution in [1.29, 1.82) is 0 Å². The fraction of sp³-hybridized carbons (Fsp3) is 0.889. The molecule has 4 atom stereocenters. The van der Waals surface area contributed by atoms with Crippen LogP contribution in [0.2, 0.25) is 0 Å². The summed E-state index contributed by atoms with van der Waals surface area (Å²) in [5.41, 5.74) is -1.41. The van der Waals surface area contributed by atoms with Gasteiger partial charge in [0.15, 0.2) is 5.60 Å². The maximum Gasteiger partial charge on any atom is 0.338 e. The molecular formula is C9H14O4. The minimum atomic E-state index is -1.41. The predicted octanol–water partition coefficient (Wildman–Crippen LogP) is -0.176. The maximum absolute atomic E-state index is 11.4. The molecule has 1 saturated heterocycles. The van der Waals surface area contributed by atoms with Gasteiger partial charge in [0.05, 0.1) is 12.2 Å². The Balaban J connectivity index is 2.26. The molecule has 4 heteroatoms. The van der Waals surface area contributed by atoms with E-state index >= 15 is 0 Å². The minimum Gasteiger partial charge on any atom is -0.461 e. The Morgan fingerprint density at radius 1 is 1.62 bits per heavy atom. The Kier molecular flexibility index (Phi) is 1.85. The van der Waals surface area contributed by atoms with Crippen LogP contribution in [0.25, 0.3) is 0 Å². The molecule has 0 bridgehead atoms. The summed E-state index contributed by atoms with van der Waals surface area (Å²) in [6.45, 7) is 1.78. The van der Waals surface area contributed by atoms with E-state index in [0.717, 1.165) is 0 Å². The first kappa shape index (κ1) is 8.97. The molecule has 2 aliphatic rings. The number of hydrogen-bond acceptors (Lipinski definition) is 4. The van der Waals surface area contributed by atoms with Crippen LogP contribution in [-0.4, -0.2) is 34.0 Å². The zero-order chi connectivity index (χ0) is 9.64. The molecule has 1 aliphatic carbocycles. The van der Waals surface area contributed by atoms with E-state index in [1.165, 1.54) is 0 Å². The fourth-order valence-electron chi connectivity index (χ4n) is 2.37. The Labute approximate surface area is 76.5 Å². The van der Waals surface area contributed by atoms with E-state index in [-0.39, 0.29) is 12.0 Å². The third-order valence-corrected chi connectivity index (χ3v) is 3.15. The molecule has 0 aromatic carbocycles. The molecule has 0 aromatic heterocycles. The molecular weight excluding hydrogens is 172 g/mol. The fourth-order valence-corrected chi connectivity index (χ4v) is 2.37. The topological polar surface area (TPSA) is 66.8 Å². The number of cyclic esters (lactones) is 1. The molecule has 4 nitrogen and oxygen atoms in total. The molecule has 0 aromatic rings. The number of hydrogen-bond donors (Lipinski definition) is 2. The van der Waals surface area contributed by atoms with Crippen molar-refractivity contribution in [3.8, 4) is 0 Å². The molecule has 0 spiro atoms. The molecule has 1 saturated carbocycles. The smallest absolute Gasteiger partial charge is 0.338 e. The molecule has 0 unspecified atom stereocenters. The van der Waals surface area contributed by atoms with Crippen molar-refractivity contribution in [1.82, 2.24) is 0 Å². The van der Waals surface area contributed by atoms with Gasteiger partial charge >= 0.3 is 5.97 Å². The lowest BCUT2D eigenvalue weighted by atomic mass is 9.83. The summed E-state index contributed by atoms with van der Waals surface area (Å²) in [6, 6.07) is 0. The van der Waals surface area contributed by atoms with Crippen LogP contribution in [0.5, 0.6) is 0 Å². The van der Waals surface area contributed by atoms with Crippen molar-refractivity contribution in [3.05, 3.63) is 0 Å². The standard InChI is InChI=1S/C9H14O4/c1-5-4-6-7(10)2-3-9(6,12)8(11)13-5/h5-7,10,12H,2-4H2,1H3/t5-,6-,7+,9+/m0/s1. The SMILES string of the molecule is C[C@H]1C[C@H]2[C@H](O)CC[C@]2(O)C(=O)O1. The summed E-state index contributed by atoms with van der Waals surface area (Å²) in [7, 11) is 0. The molecule has 1 aliphatic heterocycles. The van der Waals surface area contributed by atoms with E-state index in [9.17, 15) is 15.0 Å². The van der Waals surface area contributed by atoms with Crippen LogP contribution < -0.4 is 0 Å². The molecule has 13 heavy (non-hydrogen) atoms. The number of fused-ring (bicyclic) bond motifs is 1. The third-order valence-electron chi connectivity index (χ3n) is 3.15. The van der Waals surface area contributed by atoms with Crippen LogP contribution in [0.4, 0.5) is 0 Å². The third kappa shape index (κ3) is 1.16. The number of ether oxygens (including phenoxy) is 1. The van der Waals surface area contributed by atoms with Crippen LogP contribution in [0.15, 0.2) is 0 Å². The second-order valence-electron chi connectivity index (χ2n) is 4.09. The first-order chi connectivity index (χ1) is 6.04. The van der Waals surface area contributed by atoms with Gasteiger partial charge in [0, 0.05) is 5.92 Å². The van der Waals surface area contributed by atoms with Crippen LogP contribution in [-0.2, 0) is 9.53 Å². The monoisotopic (exact) mass is 186 g/mol. The maximum atomic E-state index is 11.4. The zero-order valence-electron chi connectivity index (χ0n) is 7.56. The first-order valence-electron chi connectivity index (χ1n) is 4.65. The summed E-state index contributed by atoms with van der Waals surface area (Å²) in [5, 5.41) is 19.5. The second-order valence-corrected chi connectivity index (χ2v) is 4.09. The second kappa shape index (κ2) is 2.69. The van der Waals surface area contributed by atoms with E-state index in [0.29, 0.717) is 19.3 Å². The van der Waals surface area contributed by atoms with Crippen LogP contribution in [0.1, 0.15) is 26.2 Å². The highest BCUT2D eigenvalue weighted by Crippen LogP contribution is 2.43. The number of rotatable bonds is 0. The van der Waals surface area contributed by atoms with E-state index in [4.69, 9.17) is 4.74 Å². The van der Waals surface area contributed by atoms with Gasteiger partial charge in [0.1, 0.15) is 0 Å². The van der Waals surface area contributed by atoms with Gasteiger partial charge in [0.2, 0.25) is 0 Å². The van der Waals surface area contributed by atoms with Gasteiger partial charge < -0.3 is 14.9 Å². The van der Waals surface area contributed by atoms with Crippen molar-refractivity contribution in [2.24, 2.45) is 5.92 Å². The lowest BCUT2D eigenvalue weighted by molar-refractivity contribution is -0.191. The van der Waals surface area contributed by atoms with Crippen LogP contribution >= 0.6 is 0 Å². The average Bonchev–Trinajstić information content (AvgIpc) is 2.33. The van der Waals surface area contributed by atoms with Gasteiger partial charge in [-0.1, -0.05) is 0 Å². The first-order valence-corrected chi connectivity index (χ1v) is 4.65. The quantitative estimate of drug-likeness (QED) is 0.515. The van der Waals surface area contributed by atoms with Crippen molar-refractivity contribution in [2.45, 2.75) is 44.0 Å². The lowest BCUT2D eigenvalue weighted by Crippen LogP contribution is -2.52. The molecule has 0 amide bonds. The van der Waals surface area contributed by atoms with Gasteiger partial charge in [0.25, 0.3) is 0 Å². The van der Waals surface area contributed by atoms with Crippen LogP contribution in [0, 0.1) is 5.92 Å². The zero-order valence-corrected chi connectivity index (χ0v) is 7.56. The number of esters is 1. The normalized spacial score (nSPS) is 50.1. The molecule has 1 heterocycles. The number of carbonyl (C=O) groups excluding carboxylic acids is 1. The average molecular weight is 186 g/mol. The van der Waals surface area contributed by atoms with Crippen molar-refractivity contribution in [3.63, 3.8) is 0 Å². The Hall–Kier alpha value is -0.610. The van der Waals surface area contributed by atoms with Crippen molar-refractivity contribution < 1.29 is 19.7 Å². The van der Waals surface area contributed by atoms with E-state index < -0.39 is 17.7 Å². The molecule has 2 fully saturated rings. The molecule has 0 radical (unpaired) electrons. The van der Waals surface area contributed by atoms with E-state index in [1.807, 2.05) is 0 Å². The highest BCUT2D eigenvalue weighted by molar-refractivity contribution is 5.81. The summed E-state index contributed by atoms with van der Waals surface area (Å²) in [5.74, 6) is -0.892. The summed E-state index contributed by atoms with van der Waals surface area (Å²) >= 11 is 0. The van der Waals surface area contributed by atoms with Gasteiger partial charge in [-0.25, -0.2) is 4.79 Å².